The molecule has 13 heavy (non-hydrogen) atoms. The molecule has 0 heterocycles. The lowest BCUT2D eigenvalue weighted by Gasteiger charge is -2.01. The van der Waals surface area contributed by atoms with E-state index in [2.05, 4.69) is 0 Å². The van der Waals surface area contributed by atoms with E-state index >= 15 is 0 Å². The van der Waals surface area contributed by atoms with Crippen LogP contribution in [0.2, 0.25) is 0 Å². The monoisotopic (exact) mass is 184 g/mol. The van der Waals surface area contributed by atoms with Gasteiger partial charge in [-0.05, 0) is 30.2 Å². The minimum Gasteiger partial charge on any atom is -0.504 e. The number of benzene rings is 1. The summed E-state index contributed by atoms with van der Waals surface area (Å²) in [6, 6.07) is 3.35. The highest BCUT2D eigenvalue weighted by Crippen LogP contribution is 2.16. The molecule has 0 saturated heterocycles. The molecule has 0 N–H and O–H groups in total. The lowest BCUT2D eigenvalue weighted by atomic mass is 10.1. The highest BCUT2D eigenvalue weighted by Gasteiger charge is 2.01. The largest absolute Gasteiger partial charge is 0.504 e. The SMILES string of the molecule is CO/C=C(\C)c1cc(F)cc(F)c1. The maximum Gasteiger partial charge on any atom is 0.126 e. The highest BCUT2D eigenvalue weighted by molar-refractivity contribution is 5.62. The van der Waals surface area contributed by atoms with Gasteiger partial charge in [0.05, 0.1) is 13.4 Å². The third-order valence-corrected chi connectivity index (χ3v) is 1.61. The van der Waals surface area contributed by atoms with Crippen LogP contribution in [0.1, 0.15) is 12.5 Å². The van der Waals surface area contributed by atoms with E-state index in [1.54, 1.807) is 6.92 Å². The van der Waals surface area contributed by atoms with Crippen LogP contribution in [0.4, 0.5) is 8.78 Å². The van der Waals surface area contributed by atoms with Gasteiger partial charge in [0.15, 0.2) is 0 Å². The van der Waals surface area contributed by atoms with Crippen LogP contribution < -0.4 is 0 Å². The van der Waals surface area contributed by atoms with E-state index in [9.17, 15) is 8.78 Å². The molecule has 1 aromatic rings. The van der Waals surface area contributed by atoms with E-state index in [0.29, 0.717) is 11.1 Å². The van der Waals surface area contributed by atoms with Crippen molar-refractivity contribution in [1.29, 1.82) is 0 Å². The first-order valence-corrected chi connectivity index (χ1v) is 3.79. The highest BCUT2D eigenvalue weighted by atomic mass is 19.1. The molecule has 0 aliphatic carbocycles. The van der Waals surface area contributed by atoms with Gasteiger partial charge in [-0.2, -0.15) is 0 Å². The van der Waals surface area contributed by atoms with E-state index in [-0.39, 0.29) is 0 Å². The molecule has 0 amide bonds. The van der Waals surface area contributed by atoms with Crippen LogP contribution in [0.3, 0.4) is 0 Å². The van der Waals surface area contributed by atoms with Crippen molar-refractivity contribution in [1.82, 2.24) is 0 Å². The Morgan fingerprint density at radius 1 is 1.23 bits per heavy atom. The van der Waals surface area contributed by atoms with Crippen LogP contribution in [0.5, 0.6) is 0 Å². The summed E-state index contributed by atoms with van der Waals surface area (Å²) in [6.07, 6.45) is 1.44. The first-order valence-electron chi connectivity index (χ1n) is 3.79. The minimum atomic E-state index is -0.584. The zero-order valence-electron chi connectivity index (χ0n) is 7.47. The number of allylic oxidation sites excluding steroid dienone is 1. The van der Waals surface area contributed by atoms with E-state index in [4.69, 9.17) is 4.74 Å². The lowest BCUT2D eigenvalue weighted by Crippen LogP contribution is -1.86. The molecular formula is C10H10F2O. The molecule has 0 aromatic heterocycles. The zero-order chi connectivity index (χ0) is 9.84. The molecule has 70 valence electrons. The van der Waals surface area contributed by atoms with Gasteiger partial charge < -0.3 is 4.74 Å². The first-order chi connectivity index (χ1) is 6.13. The second-order valence-electron chi connectivity index (χ2n) is 2.69. The maximum absolute atomic E-state index is 12.7. The standard InChI is InChI=1S/C10H10F2O/c1-7(6-13-2)8-3-9(11)5-10(12)4-8/h3-6H,1-2H3/b7-6+. The molecule has 0 aliphatic rings. The number of hydrogen-bond acceptors (Lipinski definition) is 1. The molecule has 0 saturated carbocycles. The van der Waals surface area contributed by atoms with Crippen LogP contribution in [0.25, 0.3) is 5.57 Å². The Labute approximate surface area is 75.6 Å². The second-order valence-corrected chi connectivity index (χ2v) is 2.69. The Kier molecular flexibility index (Phi) is 3.01. The van der Waals surface area contributed by atoms with Crippen molar-refractivity contribution in [2.75, 3.05) is 7.11 Å². The fraction of sp³-hybridized carbons (Fsp3) is 0.200. The topological polar surface area (TPSA) is 9.23 Å². The number of methoxy groups -OCH3 is 1. The van der Waals surface area contributed by atoms with Gasteiger partial charge in [-0.3, -0.25) is 0 Å². The van der Waals surface area contributed by atoms with E-state index in [1.165, 1.54) is 25.5 Å². The third kappa shape index (κ3) is 2.54. The molecule has 1 nitrogen and oxygen atoms in total. The van der Waals surface area contributed by atoms with Crippen molar-refractivity contribution in [2.24, 2.45) is 0 Å². The van der Waals surface area contributed by atoms with Gasteiger partial charge >= 0.3 is 0 Å². The lowest BCUT2D eigenvalue weighted by molar-refractivity contribution is 0.339. The summed E-state index contributed by atoms with van der Waals surface area (Å²) in [5.74, 6) is -1.17. The van der Waals surface area contributed by atoms with Crippen molar-refractivity contribution >= 4 is 5.57 Å². The summed E-state index contributed by atoms with van der Waals surface area (Å²) in [5, 5.41) is 0. The van der Waals surface area contributed by atoms with Crippen LogP contribution in [0.15, 0.2) is 24.5 Å². The third-order valence-electron chi connectivity index (χ3n) is 1.61. The number of rotatable bonds is 2. The van der Waals surface area contributed by atoms with E-state index in [1.807, 2.05) is 0 Å². The summed E-state index contributed by atoms with van der Waals surface area (Å²) >= 11 is 0. The molecule has 1 rings (SSSR count). The minimum absolute atomic E-state index is 0.486. The van der Waals surface area contributed by atoms with Gasteiger partial charge in [-0.15, -0.1) is 0 Å². The Hall–Kier alpha value is -1.38. The molecule has 1 aromatic carbocycles. The predicted molar refractivity (Wildman–Crippen MR) is 47.0 cm³/mol. The molecule has 0 spiro atoms. The van der Waals surface area contributed by atoms with Gasteiger partial charge in [-0.25, -0.2) is 8.78 Å². The Morgan fingerprint density at radius 3 is 2.23 bits per heavy atom. The van der Waals surface area contributed by atoms with Gasteiger partial charge in [0.25, 0.3) is 0 Å². The number of halogens is 2. The Bertz CT molecular complexity index is 311. The van der Waals surface area contributed by atoms with Crippen molar-refractivity contribution in [2.45, 2.75) is 6.92 Å². The van der Waals surface area contributed by atoms with Crippen LogP contribution >= 0.6 is 0 Å². The van der Waals surface area contributed by atoms with Gasteiger partial charge in [0.2, 0.25) is 0 Å². The smallest absolute Gasteiger partial charge is 0.126 e. The van der Waals surface area contributed by atoms with Crippen molar-refractivity contribution < 1.29 is 13.5 Å². The van der Waals surface area contributed by atoms with Crippen molar-refractivity contribution in [3.05, 3.63) is 41.7 Å². The molecule has 0 radical (unpaired) electrons. The molecule has 3 heteroatoms. The fourth-order valence-corrected chi connectivity index (χ4v) is 1.03. The van der Waals surface area contributed by atoms with Gasteiger partial charge in [0.1, 0.15) is 11.6 Å². The van der Waals surface area contributed by atoms with Crippen LogP contribution in [-0.4, -0.2) is 7.11 Å². The molecule has 0 bridgehead atoms. The molecule has 0 atom stereocenters. The summed E-state index contributed by atoms with van der Waals surface area (Å²) in [4.78, 5) is 0. The van der Waals surface area contributed by atoms with Crippen LogP contribution in [0, 0.1) is 11.6 Å². The van der Waals surface area contributed by atoms with Gasteiger partial charge in [-0.1, -0.05) is 0 Å². The quantitative estimate of drug-likeness (QED) is 0.642. The Balaban J connectivity index is 3.08. The van der Waals surface area contributed by atoms with Crippen LogP contribution in [-0.2, 0) is 4.74 Å². The van der Waals surface area contributed by atoms with E-state index < -0.39 is 11.6 Å². The average Bonchev–Trinajstić information content (AvgIpc) is 2.03. The Morgan fingerprint density at radius 2 is 1.77 bits per heavy atom. The predicted octanol–water partition coefficient (Wildman–Crippen LogP) is 2.97. The van der Waals surface area contributed by atoms with E-state index in [0.717, 1.165) is 6.07 Å². The normalized spacial score (nSPS) is 11.5. The molecule has 0 unspecified atom stereocenters. The van der Waals surface area contributed by atoms with Crippen molar-refractivity contribution in [3.63, 3.8) is 0 Å². The first kappa shape index (κ1) is 9.71. The molecular weight excluding hydrogens is 174 g/mol. The summed E-state index contributed by atoms with van der Waals surface area (Å²) in [7, 11) is 1.49. The number of hydrogen-bond donors (Lipinski definition) is 0. The summed E-state index contributed by atoms with van der Waals surface area (Å²) in [6.45, 7) is 1.72. The summed E-state index contributed by atoms with van der Waals surface area (Å²) < 4.78 is 30.2. The maximum atomic E-state index is 12.7. The average molecular weight is 184 g/mol. The molecule has 0 fully saturated rings. The molecule has 0 aliphatic heterocycles. The summed E-state index contributed by atoms with van der Waals surface area (Å²) in [5.41, 5.74) is 1.17. The van der Waals surface area contributed by atoms with Gasteiger partial charge in [0, 0.05) is 6.07 Å². The zero-order valence-corrected chi connectivity index (χ0v) is 7.47. The number of ether oxygens (including phenoxy) is 1. The van der Waals surface area contributed by atoms with Crippen molar-refractivity contribution in [3.8, 4) is 0 Å². The second kappa shape index (κ2) is 4.03. The fourth-order valence-electron chi connectivity index (χ4n) is 1.03.